The van der Waals surface area contributed by atoms with Gasteiger partial charge < -0.3 is 24.2 Å². The molecule has 33 heavy (non-hydrogen) atoms. The molecule has 176 valence electrons. The van der Waals surface area contributed by atoms with Gasteiger partial charge in [0.2, 0.25) is 5.91 Å². The van der Waals surface area contributed by atoms with Crippen molar-refractivity contribution < 1.29 is 36.8 Å². The summed E-state index contributed by atoms with van der Waals surface area (Å²) in [5, 5.41) is 4.73. The van der Waals surface area contributed by atoms with E-state index >= 15 is 0 Å². The van der Waals surface area contributed by atoms with Crippen molar-refractivity contribution in [1.29, 1.82) is 0 Å². The van der Waals surface area contributed by atoms with Crippen LogP contribution in [0.5, 0.6) is 5.75 Å². The molecule has 12 heteroatoms. The molecule has 11 nitrogen and oxygen atoms in total. The molecule has 1 aromatic heterocycles. The molecule has 0 spiro atoms. The lowest BCUT2D eigenvalue weighted by molar-refractivity contribution is -0.165. The number of rotatable bonds is 7. The second kappa shape index (κ2) is 8.18. The van der Waals surface area contributed by atoms with E-state index in [1.165, 1.54) is 13.8 Å². The number of esters is 1. The van der Waals surface area contributed by atoms with Gasteiger partial charge in [0.05, 0.1) is 5.69 Å². The topological polar surface area (TPSA) is 145 Å². The predicted molar refractivity (Wildman–Crippen MR) is 112 cm³/mol. The number of fused-ring (bicyclic) bond motifs is 1. The average Bonchev–Trinajstić information content (AvgIpc) is 3.25. The van der Waals surface area contributed by atoms with Crippen molar-refractivity contribution in [2.24, 2.45) is 0 Å². The Morgan fingerprint density at radius 3 is 2.58 bits per heavy atom. The van der Waals surface area contributed by atoms with Crippen LogP contribution in [0.4, 0.5) is 0 Å². The monoisotopic (exact) mass is 477 g/mol. The van der Waals surface area contributed by atoms with Gasteiger partial charge in [0.25, 0.3) is 5.91 Å². The summed E-state index contributed by atoms with van der Waals surface area (Å²) in [6.45, 7) is 3.76. The number of hydrogen-bond acceptors (Lipinski definition) is 9. The fourth-order valence-electron chi connectivity index (χ4n) is 4.01. The van der Waals surface area contributed by atoms with Crippen LogP contribution in [0.15, 0.2) is 40.9 Å². The highest BCUT2D eigenvalue weighted by molar-refractivity contribution is 7.94. The number of β-lactam (4-membered cyclic amide) rings is 1. The fourth-order valence-corrected chi connectivity index (χ4v) is 6.22. The maximum absolute atomic E-state index is 13.2. The first kappa shape index (κ1) is 22.8. The third-order valence-corrected chi connectivity index (χ3v) is 8.58. The molecule has 2 saturated heterocycles. The number of carbonyl (C=O) groups is 3. The van der Waals surface area contributed by atoms with E-state index in [0.717, 1.165) is 4.90 Å². The highest BCUT2D eigenvalue weighted by atomic mass is 32.2. The van der Waals surface area contributed by atoms with E-state index in [-0.39, 0.29) is 12.4 Å². The number of aryl methyl sites for hydroxylation is 1. The van der Waals surface area contributed by atoms with E-state index < -0.39 is 56.4 Å². The second-order valence-corrected chi connectivity index (χ2v) is 11.0. The van der Waals surface area contributed by atoms with Crippen molar-refractivity contribution in [3.63, 3.8) is 0 Å². The van der Waals surface area contributed by atoms with Crippen LogP contribution in [-0.4, -0.2) is 65.1 Å². The summed E-state index contributed by atoms with van der Waals surface area (Å²) < 4.78 is 40.3. The van der Waals surface area contributed by atoms with E-state index in [1.54, 1.807) is 43.3 Å². The molecule has 2 aromatic rings. The normalized spacial score (nSPS) is 24.5. The maximum atomic E-state index is 13.2. The van der Waals surface area contributed by atoms with E-state index in [1.807, 2.05) is 0 Å². The zero-order valence-corrected chi connectivity index (χ0v) is 19.0. The summed E-state index contributed by atoms with van der Waals surface area (Å²) in [4.78, 5) is 38.9. The van der Waals surface area contributed by atoms with E-state index in [9.17, 15) is 22.8 Å². The zero-order valence-electron chi connectivity index (χ0n) is 18.2. The van der Waals surface area contributed by atoms with Crippen LogP contribution >= 0.6 is 0 Å². The van der Waals surface area contributed by atoms with Crippen LogP contribution in [0, 0.1) is 6.92 Å². The van der Waals surface area contributed by atoms with Crippen molar-refractivity contribution >= 4 is 27.6 Å². The highest BCUT2D eigenvalue weighted by Crippen LogP contribution is 2.46. The molecule has 2 amide bonds. The lowest BCUT2D eigenvalue weighted by atomic mass is 9.96. The number of aromatic nitrogens is 1. The third-order valence-electron chi connectivity index (χ3n) is 5.75. The van der Waals surface area contributed by atoms with Gasteiger partial charge in [0.1, 0.15) is 22.6 Å². The van der Waals surface area contributed by atoms with Gasteiger partial charge in [0.15, 0.2) is 34.2 Å². The summed E-state index contributed by atoms with van der Waals surface area (Å²) >= 11 is 0. The van der Waals surface area contributed by atoms with Crippen LogP contribution in [0.1, 0.15) is 25.3 Å². The van der Waals surface area contributed by atoms with Crippen LogP contribution < -0.4 is 10.1 Å². The molecule has 2 aliphatic rings. The molecule has 0 bridgehead atoms. The number of sulfone groups is 1. The number of ether oxygens (including phenoxy) is 2. The number of benzene rings is 1. The standard InChI is InChI=1S/C21H23N3O8S/c1-12-9-14(32-23-12)10-31-20(27)17-21(2,3)33(28,29)19-16(18(26)24(17)19)22-15(25)11-30-13-7-5-4-6-8-13/h4-9,16-17,19H,10-11H2,1-3H3,(H,22,25)/t16-,17+,19-/m1/s1. The third kappa shape index (κ3) is 3.84. The summed E-state index contributed by atoms with van der Waals surface area (Å²) in [5.74, 6) is -1.48. The minimum atomic E-state index is -4.02. The summed E-state index contributed by atoms with van der Waals surface area (Å²) in [6.07, 6.45) is 0. The van der Waals surface area contributed by atoms with E-state index in [0.29, 0.717) is 11.4 Å². The quantitative estimate of drug-likeness (QED) is 0.440. The number of nitrogens with zero attached hydrogens (tertiary/aromatic N) is 2. The molecule has 2 fully saturated rings. The molecular formula is C21H23N3O8S. The zero-order chi connectivity index (χ0) is 24.0. The minimum absolute atomic E-state index is 0.254. The number of hydrogen-bond donors (Lipinski definition) is 1. The summed E-state index contributed by atoms with van der Waals surface area (Å²) in [6, 6.07) is 7.47. The Kier molecular flexibility index (Phi) is 5.64. The molecule has 0 aliphatic carbocycles. The molecule has 0 radical (unpaired) electrons. The molecule has 0 unspecified atom stereocenters. The van der Waals surface area contributed by atoms with Gasteiger partial charge >= 0.3 is 5.97 Å². The van der Waals surface area contributed by atoms with Crippen LogP contribution in [0.25, 0.3) is 0 Å². The Balaban J connectivity index is 1.45. The maximum Gasteiger partial charge on any atom is 0.330 e. The van der Waals surface area contributed by atoms with Gasteiger partial charge in [-0.2, -0.15) is 0 Å². The first-order chi connectivity index (χ1) is 15.5. The Morgan fingerprint density at radius 1 is 1.24 bits per heavy atom. The lowest BCUT2D eigenvalue weighted by Crippen LogP contribution is -2.72. The first-order valence-electron chi connectivity index (χ1n) is 10.2. The van der Waals surface area contributed by atoms with Gasteiger partial charge in [-0.3, -0.25) is 9.59 Å². The summed E-state index contributed by atoms with van der Waals surface area (Å²) in [7, 11) is -4.02. The van der Waals surface area contributed by atoms with Gasteiger partial charge in [0, 0.05) is 6.07 Å². The molecule has 1 N–H and O–H groups in total. The Morgan fingerprint density at radius 2 is 1.94 bits per heavy atom. The second-order valence-electron chi connectivity index (χ2n) is 8.38. The SMILES string of the molecule is Cc1cc(COC(=O)[C@@H]2N3C(=O)[C@@H](NC(=O)COc4ccccc4)[C@H]3S(=O)(=O)C2(C)C)on1. The molecule has 2 aliphatic heterocycles. The Labute approximate surface area is 189 Å². The number of amides is 2. The van der Waals surface area contributed by atoms with Crippen molar-refractivity contribution in [3.05, 3.63) is 47.9 Å². The largest absolute Gasteiger partial charge is 0.484 e. The van der Waals surface area contributed by atoms with Crippen molar-refractivity contribution in [2.45, 2.75) is 49.6 Å². The van der Waals surface area contributed by atoms with Gasteiger partial charge in [-0.1, -0.05) is 23.4 Å². The minimum Gasteiger partial charge on any atom is -0.484 e. The predicted octanol–water partition coefficient (Wildman–Crippen LogP) is 0.334. The summed E-state index contributed by atoms with van der Waals surface area (Å²) in [5.41, 5.74) is 0.595. The van der Waals surface area contributed by atoms with Gasteiger partial charge in [-0.25, -0.2) is 13.2 Å². The molecule has 3 atom stereocenters. The molecule has 3 heterocycles. The van der Waals surface area contributed by atoms with Crippen molar-refractivity contribution in [2.75, 3.05) is 6.61 Å². The highest BCUT2D eigenvalue weighted by Gasteiger charge is 2.72. The van der Waals surface area contributed by atoms with Gasteiger partial charge in [-0.15, -0.1) is 0 Å². The molecule has 4 rings (SSSR count). The molecular weight excluding hydrogens is 454 g/mol. The number of para-hydroxylation sites is 1. The fraction of sp³-hybridized carbons (Fsp3) is 0.429. The number of carbonyl (C=O) groups excluding carboxylic acids is 3. The van der Waals surface area contributed by atoms with E-state index in [2.05, 4.69) is 10.5 Å². The Bertz CT molecular complexity index is 1190. The first-order valence-corrected chi connectivity index (χ1v) is 11.7. The van der Waals surface area contributed by atoms with E-state index in [4.69, 9.17) is 14.0 Å². The van der Waals surface area contributed by atoms with Gasteiger partial charge in [-0.05, 0) is 32.9 Å². The average molecular weight is 477 g/mol. The molecule has 0 saturated carbocycles. The smallest absolute Gasteiger partial charge is 0.330 e. The van der Waals surface area contributed by atoms with Crippen LogP contribution in [0.3, 0.4) is 0 Å². The molecule has 1 aromatic carbocycles. The number of nitrogens with one attached hydrogen (secondary N) is 1. The van der Waals surface area contributed by atoms with Crippen LogP contribution in [0.2, 0.25) is 0 Å². The van der Waals surface area contributed by atoms with Crippen molar-refractivity contribution in [1.82, 2.24) is 15.4 Å². The lowest BCUT2D eigenvalue weighted by Gasteiger charge is -2.42. The van der Waals surface area contributed by atoms with Crippen molar-refractivity contribution in [3.8, 4) is 5.75 Å². The van der Waals surface area contributed by atoms with Crippen LogP contribution in [-0.2, 0) is 35.6 Å². The Hall–Kier alpha value is -3.41.